The summed E-state index contributed by atoms with van der Waals surface area (Å²) in [4.78, 5) is 4.14. The number of nitrogens with two attached hydrogens (primary N) is 1. The van der Waals surface area contributed by atoms with Crippen LogP contribution in [0.25, 0.3) is 0 Å². The van der Waals surface area contributed by atoms with Crippen LogP contribution in [0.4, 0.5) is 13.2 Å². The lowest BCUT2D eigenvalue weighted by molar-refractivity contribution is -0.136. The molecule has 1 aromatic rings. The van der Waals surface area contributed by atoms with Gasteiger partial charge < -0.3 is 0 Å². The summed E-state index contributed by atoms with van der Waals surface area (Å²) in [7, 11) is 0. The van der Waals surface area contributed by atoms with E-state index in [-0.39, 0.29) is 6.42 Å². The highest BCUT2D eigenvalue weighted by atomic mass is 19.4. The van der Waals surface area contributed by atoms with Gasteiger partial charge in [-0.1, -0.05) is 6.07 Å². The fraction of sp³-hybridized carbons (Fsp3) is 0.545. The second kappa shape index (κ2) is 5.46. The normalized spacial score (nSPS) is 13.8. The monoisotopic (exact) mass is 247 g/mol. The van der Waals surface area contributed by atoms with Crippen molar-refractivity contribution in [2.75, 3.05) is 0 Å². The number of hydrogen-bond donors (Lipinski definition) is 2. The van der Waals surface area contributed by atoms with Gasteiger partial charge in [-0.15, -0.1) is 0 Å². The minimum atomic E-state index is -4.17. The Bertz CT molecular complexity index is 377. The Morgan fingerprint density at radius 2 is 2.06 bits per heavy atom. The highest BCUT2D eigenvalue weighted by Gasteiger charge is 2.29. The van der Waals surface area contributed by atoms with Crippen molar-refractivity contribution in [3.05, 3.63) is 29.1 Å². The third-order valence-electron chi connectivity index (χ3n) is 2.50. The zero-order valence-corrected chi connectivity index (χ0v) is 9.80. The first-order chi connectivity index (χ1) is 7.83. The molecule has 1 atom stereocenters. The van der Waals surface area contributed by atoms with Crippen molar-refractivity contribution in [2.24, 2.45) is 5.84 Å². The number of rotatable bonds is 4. The van der Waals surface area contributed by atoms with E-state index in [2.05, 4.69) is 10.4 Å². The molecule has 3 nitrogen and oxygen atoms in total. The Morgan fingerprint density at radius 3 is 2.53 bits per heavy atom. The third-order valence-corrected chi connectivity index (χ3v) is 2.50. The summed E-state index contributed by atoms with van der Waals surface area (Å²) in [6.45, 7) is 3.69. The molecule has 0 aliphatic carbocycles. The second-order valence-electron chi connectivity index (χ2n) is 4.09. The number of nitrogens with zero attached hydrogens (tertiary/aromatic N) is 1. The van der Waals surface area contributed by atoms with E-state index >= 15 is 0 Å². The number of pyridine rings is 1. The number of alkyl halides is 3. The Hall–Kier alpha value is -1.14. The topological polar surface area (TPSA) is 50.9 Å². The highest BCUT2D eigenvalue weighted by Crippen LogP contribution is 2.27. The number of halogens is 3. The van der Waals surface area contributed by atoms with Crippen molar-refractivity contribution in [1.82, 2.24) is 10.4 Å². The van der Waals surface area contributed by atoms with Crippen molar-refractivity contribution >= 4 is 0 Å². The molecule has 1 unspecified atom stereocenters. The van der Waals surface area contributed by atoms with E-state index in [4.69, 9.17) is 5.84 Å². The molecule has 0 saturated carbocycles. The molecule has 0 aromatic carbocycles. The van der Waals surface area contributed by atoms with Gasteiger partial charge in [-0.05, 0) is 31.4 Å². The summed E-state index contributed by atoms with van der Waals surface area (Å²) in [6, 6.07) is 1.30. The molecule has 96 valence electrons. The van der Waals surface area contributed by atoms with Gasteiger partial charge in [0.15, 0.2) is 0 Å². The molecule has 0 radical (unpaired) electrons. The van der Waals surface area contributed by atoms with Crippen LogP contribution >= 0.6 is 0 Å². The van der Waals surface area contributed by atoms with E-state index in [0.29, 0.717) is 5.69 Å². The molecule has 0 amide bonds. The minimum Gasteiger partial charge on any atom is -0.271 e. The van der Waals surface area contributed by atoms with Crippen LogP contribution < -0.4 is 11.3 Å². The molecular weight excluding hydrogens is 231 g/mol. The van der Waals surface area contributed by atoms with Gasteiger partial charge in [0.1, 0.15) is 0 Å². The Morgan fingerprint density at radius 1 is 1.41 bits per heavy atom. The molecule has 1 rings (SSSR count). The maximum atomic E-state index is 12.1. The lowest BCUT2D eigenvalue weighted by Crippen LogP contribution is -2.30. The summed E-state index contributed by atoms with van der Waals surface area (Å²) in [6.07, 6.45) is -3.54. The maximum Gasteiger partial charge on any atom is 0.389 e. The minimum absolute atomic E-state index is 0.114. The van der Waals surface area contributed by atoms with Crippen molar-refractivity contribution in [3.63, 3.8) is 0 Å². The molecule has 0 saturated heterocycles. The summed E-state index contributed by atoms with van der Waals surface area (Å²) < 4.78 is 36.4. The van der Waals surface area contributed by atoms with Crippen molar-refractivity contribution in [1.29, 1.82) is 0 Å². The van der Waals surface area contributed by atoms with E-state index < -0.39 is 18.6 Å². The highest BCUT2D eigenvalue weighted by molar-refractivity contribution is 5.25. The molecular formula is C11H16F3N3. The predicted molar refractivity (Wildman–Crippen MR) is 59.1 cm³/mol. The lowest BCUT2D eigenvalue weighted by atomic mass is 10.0. The van der Waals surface area contributed by atoms with Crippen LogP contribution in [0, 0.1) is 13.8 Å². The van der Waals surface area contributed by atoms with E-state index in [9.17, 15) is 13.2 Å². The SMILES string of the molecule is Cc1cnc(C(CCC(F)(F)F)NN)c(C)c1. The molecule has 0 fully saturated rings. The number of aromatic nitrogens is 1. The first-order valence-electron chi connectivity index (χ1n) is 5.29. The number of hydrazine groups is 1. The average Bonchev–Trinajstić information content (AvgIpc) is 2.19. The summed E-state index contributed by atoms with van der Waals surface area (Å²) in [5.41, 5.74) is 4.77. The van der Waals surface area contributed by atoms with Gasteiger partial charge in [-0.25, -0.2) is 0 Å². The quantitative estimate of drug-likeness (QED) is 0.635. The predicted octanol–water partition coefficient (Wildman–Crippen LogP) is 2.55. The molecule has 0 spiro atoms. The van der Waals surface area contributed by atoms with Crippen molar-refractivity contribution < 1.29 is 13.2 Å². The van der Waals surface area contributed by atoms with E-state index in [1.54, 1.807) is 6.20 Å². The van der Waals surface area contributed by atoms with E-state index in [0.717, 1.165) is 11.1 Å². The number of aryl methyl sites for hydroxylation is 2. The number of nitrogens with one attached hydrogen (secondary N) is 1. The first-order valence-corrected chi connectivity index (χ1v) is 5.29. The Labute approximate surface area is 98.2 Å². The van der Waals surface area contributed by atoms with Crippen molar-refractivity contribution in [3.8, 4) is 0 Å². The van der Waals surface area contributed by atoms with Gasteiger partial charge in [-0.3, -0.25) is 16.3 Å². The maximum absolute atomic E-state index is 12.1. The molecule has 0 bridgehead atoms. The second-order valence-corrected chi connectivity index (χ2v) is 4.09. The van der Waals surface area contributed by atoms with Gasteiger partial charge >= 0.3 is 6.18 Å². The fourth-order valence-corrected chi connectivity index (χ4v) is 1.70. The molecule has 1 aromatic heterocycles. The standard InChI is InChI=1S/C11H16F3N3/c1-7-5-8(2)10(16-6-7)9(17-15)3-4-11(12,13)14/h5-6,9,17H,3-4,15H2,1-2H3. The van der Waals surface area contributed by atoms with Gasteiger partial charge in [0, 0.05) is 12.6 Å². The first kappa shape index (κ1) is 13.9. The smallest absolute Gasteiger partial charge is 0.271 e. The van der Waals surface area contributed by atoms with Crippen LogP contribution in [0.2, 0.25) is 0 Å². The third kappa shape index (κ3) is 4.32. The Balaban J connectivity index is 2.79. The summed E-state index contributed by atoms with van der Waals surface area (Å²) in [5.74, 6) is 5.28. The average molecular weight is 247 g/mol. The molecule has 17 heavy (non-hydrogen) atoms. The summed E-state index contributed by atoms with van der Waals surface area (Å²) >= 11 is 0. The van der Waals surface area contributed by atoms with Crippen LogP contribution in [0.5, 0.6) is 0 Å². The molecule has 3 N–H and O–H groups in total. The fourth-order valence-electron chi connectivity index (χ4n) is 1.70. The molecule has 0 aliphatic heterocycles. The van der Waals surface area contributed by atoms with E-state index in [1.165, 1.54) is 0 Å². The largest absolute Gasteiger partial charge is 0.389 e. The van der Waals surface area contributed by atoms with E-state index in [1.807, 2.05) is 19.9 Å². The zero-order chi connectivity index (χ0) is 13.1. The van der Waals surface area contributed by atoms with Crippen LogP contribution in [-0.2, 0) is 0 Å². The van der Waals surface area contributed by atoms with Crippen LogP contribution in [0.1, 0.15) is 35.7 Å². The van der Waals surface area contributed by atoms with Crippen LogP contribution in [-0.4, -0.2) is 11.2 Å². The van der Waals surface area contributed by atoms with Gasteiger partial charge in [0.25, 0.3) is 0 Å². The van der Waals surface area contributed by atoms with Crippen LogP contribution in [0.3, 0.4) is 0 Å². The van der Waals surface area contributed by atoms with Gasteiger partial charge in [-0.2, -0.15) is 13.2 Å². The van der Waals surface area contributed by atoms with Crippen molar-refractivity contribution in [2.45, 2.75) is 38.9 Å². The molecule has 0 aliphatic rings. The van der Waals surface area contributed by atoms with Crippen LogP contribution in [0.15, 0.2) is 12.3 Å². The van der Waals surface area contributed by atoms with Gasteiger partial charge in [0.05, 0.1) is 11.7 Å². The zero-order valence-electron chi connectivity index (χ0n) is 9.80. The number of hydrogen-bond acceptors (Lipinski definition) is 3. The molecule has 1 heterocycles. The lowest BCUT2D eigenvalue weighted by Gasteiger charge is -2.18. The Kier molecular flexibility index (Phi) is 4.47. The summed E-state index contributed by atoms with van der Waals surface area (Å²) in [5, 5.41) is 0. The van der Waals surface area contributed by atoms with Gasteiger partial charge in [0.2, 0.25) is 0 Å². The molecule has 6 heteroatoms.